The van der Waals surface area contributed by atoms with Crippen LogP contribution in [0.25, 0.3) is 10.9 Å². The minimum Gasteiger partial charge on any atom is -0.508 e. The summed E-state index contributed by atoms with van der Waals surface area (Å²) in [5.41, 5.74) is 4.82. The number of benzene rings is 3. The Morgan fingerprint density at radius 2 is 1.72 bits per heavy atom. The number of phenolic OH excluding ortho intramolecular Hbond substituents is 1. The lowest BCUT2D eigenvalue weighted by molar-refractivity contribution is -0.131. The standard InChI is InChI=1S/C29H30N4O3/c1-20-28(35)30(2)18-23-9-5-7-11-27(23)33(20)29(36)31(3)19-24-16-22-8-4-6-10-26(22)32(24)17-21-12-14-25(34)15-13-21/h4-16,20,34H,17-19H2,1-3H3/t20-/m1/s1. The maximum atomic E-state index is 13.8. The van der Waals surface area contributed by atoms with Crippen LogP contribution in [0.1, 0.15) is 23.7 Å². The van der Waals surface area contributed by atoms with Crippen LogP contribution < -0.4 is 4.90 Å². The number of hydrogen-bond acceptors (Lipinski definition) is 3. The van der Waals surface area contributed by atoms with Crippen LogP contribution in [-0.4, -0.2) is 51.5 Å². The molecule has 184 valence electrons. The summed E-state index contributed by atoms with van der Waals surface area (Å²) in [6.45, 7) is 3.24. The van der Waals surface area contributed by atoms with Gasteiger partial charge in [0, 0.05) is 38.4 Å². The summed E-state index contributed by atoms with van der Waals surface area (Å²) in [7, 11) is 3.55. The van der Waals surface area contributed by atoms with Gasteiger partial charge >= 0.3 is 6.03 Å². The highest BCUT2D eigenvalue weighted by molar-refractivity contribution is 6.01. The molecule has 0 saturated carbocycles. The lowest BCUT2D eigenvalue weighted by atomic mass is 10.1. The predicted octanol–water partition coefficient (Wildman–Crippen LogP) is 4.81. The zero-order valence-electron chi connectivity index (χ0n) is 20.8. The van der Waals surface area contributed by atoms with E-state index in [1.165, 1.54) is 0 Å². The average molecular weight is 483 g/mol. The van der Waals surface area contributed by atoms with Gasteiger partial charge in [-0.2, -0.15) is 0 Å². The van der Waals surface area contributed by atoms with Gasteiger partial charge in [0.25, 0.3) is 0 Å². The molecule has 4 aromatic rings. The molecule has 1 aliphatic heterocycles. The van der Waals surface area contributed by atoms with E-state index in [0.29, 0.717) is 19.6 Å². The maximum absolute atomic E-state index is 13.8. The Morgan fingerprint density at radius 3 is 2.50 bits per heavy atom. The summed E-state index contributed by atoms with van der Waals surface area (Å²) in [6.07, 6.45) is 0. The summed E-state index contributed by atoms with van der Waals surface area (Å²) in [5, 5.41) is 10.8. The van der Waals surface area contributed by atoms with E-state index in [-0.39, 0.29) is 17.7 Å². The fourth-order valence-corrected chi connectivity index (χ4v) is 4.98. The molecule has 7 nitrogen and oxygen atoms in total. The number of rotatable bonds is 4. The fraction of sp³-hybridized carbons (Fsp3) is 0.241. The first-order valence-corrected chi connectivity index (χ1v) is 12.1. The van der Waals surface area contributed by atoms with Crippen molar-refractivity contribution in [3.05, 3.63) is 95.7 Å². The van der Waals surface area contributed by atoms with E-state index in [9.17, 15) is 14.7 Å². The summed E-state index contributed by atoms with van der Waals surface area (Å²) < 4.78 is 2.20. The van der Waals surface area contributed by atoms with Gasteiger partial charge in [-0.1, -0.05) is 48.5 Å². The van der Waals surface area contributed by atoms with Crippen molar-refractivity contribution < 1.29 is 14.7 Å². The van der Waals surface area contributed by atoms with Gasteiger partial charge < -0.3 is 19.5 Å². The van der Waals surface area contributed by atoms with Gasteiger partial charge in [-0.05, 0) is 53.8 Å². The molecule has 0 radical (unpaired) electrons. The second-order valence-electron chi connectivity index (χ2n) is 9.45. The van der Waals surface area contributed by atoms with Crippen LogP contribution in [0.3, 0.4) is 0 Å². The third kappa shape index (κ3) is 4.28. The third-order valence-corrected chi connectivity index (χ3v) is 6.88. The summed E-state index contributed by atoms with van der Waals surface area (Å²) in [6, 6.07) is 24.3. The Kier molecular flexibility index (Phi) is 6.14. The van der Waals surface area contributed by atoms with Gasteiger partial charge in [-0.15, -0.1) is 0 Å². The first-order valence-electron chi connectivity index (χ1n) is 12.1. The van der Waals surface area contributed by atoms with E-state index in [4.69, 9.17) is 0 Å². The molecule has 5 rings (SSSR count). The molecule has 36 heavy (non-hydrogen) atoms. The second kappa shape index (κ2) is 9.41. The van der Waals surface area contributed by atoms with E-state index < -0.39 is 6.04 Å². The van der Waals surface area contributed by atoms with E-state index in [1.807, 2.05) is 48.5 Å². The number of fused-ring (bicyclic) bond motifs is 2. The van der Waals surface area contributed by atoms with Crippen LogP contribution in [0.2, 0.25) is 0 Å². The molecule has 0 fully saturated rings. The average Bonchev–Trinajstić information content (AvgIpc) is 3.17. The van der Waals surface area contributed by atoms with Gasteiger partial charge in [0.05, 0.1) is 12.2 Å². The quantitative estimate of drug-likeness (QED) is 0.454. The Bertz CT molecular complexity index is 1430. The number of hydrogen-bond donors (Lipinski definition) is 1. The largest absolute Gasteiger partial charge is 0.508 e. The Hall–Kier alpha value is -4.26. The molecule has 2 heterocycles. The highest BCUT2D eigenvalue weighted by atomic mass is 16.3. The zero-order valence-corrected chi connectivity index (χ0v) is 20.8. The van der Waals surface area contributed by atoms with Crippen LogP contribution >= 0.6 is 0 Å². The van der Waals surface area contributed by atoms with E-state index >= 15 is 0 Å². The minimum atomic E-state index is -0.614. The first kappa shape index (κ1) is 23.5. The second-order valence-corrected chi connectivity index (χ2v) is 9.45. The van der Waals surface area contributed by atoms with Gasteiger partial charge in [0.15, 0.2) is 0 Å². The van der Waals surface area contributed by atoms with Crippen LogP contribution in [0.15, 0.2) is 78.9 Å². The molecule has 1 N–H and O–H groups in total. The fourth-order valence-electron chi connectivity index (χ4n) is 4.98. The van der Waals surface area contributed by atoms with Crippen molar-refractivity contribution >= 4 is 28.5 Å². The molecular formula is C29H30N4O3. The summed E-state index contributed by atoms with van der Waals surface area (Å²) in [5.74, 6) is 0.142. The molecule has 0 unspecified atom stereocenters. The van der Waals surface area contributed by atoms with Crippen molar-refractivity contribution in [2.75, 3.05) is 19.0 Å². The molecular weight excluding hydrogens is 452 g/mol. The lowest BCUT2D eigenvalue weighted by Gasteiger charge is -2.32. The predicted molar refractivity (Wildman–Crippen MR) is 141 cm³/mol. The topological polar surface area (TPSA) is 69.0 Å². The van der Waals surface area contributed by atoms with E-state index in [1.54, 1.807) is 47.9 Å². The molecule has 0 bridgehead atoms. The molecule has 0 aliphatic carbocycles. The number of amides is 3. The first-order chi connectivity index (χ1) is 17.3. The van der Waals surface area contributed by atoms with E-state index in [2.05, 4.69) is 22.8 Å². The van der Waals surface area contributed by atoms with Gasteiger partial charge in [-0.3, -0.25) is 9.69 Å². The van der Waals surface area contributed by atoms with Crippen molar-refractivity contribution in [2.24, 2.45) is 0 Å². The molecule has 0 saturated heterocycles. The monoisotopic (exact) mass is 482 g/mol. The number of carbonyl (C=O) groups excluding carboxylic acids is 2. The van der Waals surface area contributed by atoms with Crippen LogP contribution in [0, 0.1) is 0 Å². The van der Waals surface area contributed by atoms with Crippen molar-refractivity contribution in [1.82, 2.24) is 14.4 Å². The molecule has 1 aromatic heterocycles. The number of likely N-dealkylation sites (N-methyl/N-ethyl adjacent to an activating group) is 1. The van der Waals surface area contributed by atoms with Gasteiger partial charge in [0.2, 0.25) is 5.91 Å². The molecule has 3 amide bonds. The Labute approximate surface area is 210 Å². The van der Waals surface area contributed by atoms with Crippen LogP contribution in [0.4, 0.5) is 10.5 Å². The number of anilines is 1. The SMILES string of the molecule is C[C@@H]1C(=O)N(C)Cc2ccccc2N1C(=O)N(C)Cc1cc2ccccc2n1Cc1ccc(O)cc1. The van der Waals surface area contributed by atoms with Gasteiger partial charge in [0.1, 0.15) is 11.8 Å². The smallest absolute Gasteiger partial charge is 0.325 e. The molecule has 0 spiro atoms. The van der Waals surface area contributed by atoms with Crippen molar-refractivity contribution in [1.29, 1.82) is 0 Å². The number of para-hydroxylation sites is 2. The molecule has 1 aliphatic rings. The zero-order chi connectivity index (χ0) is 25.4. The van der Waals surface area contributed by atoms with Crippen LogP contribution in [-0.2, 0) is 24.4 Å². The number of aromatic nitrogens is 1. The van der Waals surface area contributed by atoms with Gasteiger partial charge in [-0.25, -0.2) is 4.79 Å². The molecule has 7 heteroatoms. The number of nitrogens with zero attached hydrogens (tertiary/aromatic N) is 4. The van der Waals surface area contributed by atoms with E-state index in [0.717, 1.165) is 33.4 Å². The van der Waals surface area contributed by atoms with Crippen molar-refractivity contribution in [3.8, 4) is 5.75 Å². The number of carbonyl (C=O) groups is 2. The number of phenols is 1. The van der Waals surface area contributed by atoms with Crippen molar-refractivity contribution in [3.63, 3.8) is 0 Å². The highest BCUT2D eigenvalue weighted by Gasteiger charge is 2.35. The lowest BCUT2D eigenvalue weighted by Crippen LogP contribution is -2.50. The molecule has 1 atom stereocenters. The van der Waals surface area contributed by atoms with Crippen LogP contribution in [0.5, 0.6) is 5.75 Å². The molecule has 3 aromatic carbocycles. The Balaban J connectivity index is 1.48. The summed E-state index contributed by atoms with van der Waals surface area (Å²) in [4.78, 5) is 31.8. The summed E-state index contributed by atoms with van der Waals surface area (Å²) >= 11 is 0. The Morgan fingerprint density at radius 1 is 1.03 bits per heavy atom. The number of aromatic hydroxyl groups is 1. The highest BCUT2D eigenvalue weighted by Crippen LogP contribution is 2.30. The number of urea groups is 1. The minimum absolute atomic E-state index is 0.0885. The normalized spacial score (nSPS) is 15.6. The van der Waals surface area contributed by atoms with Crippen molar-refractivity contribution in [2.45, 2.75) is 32.6 Å². The maximum Gasteiger partial charge on any atom is 0.325 e. The third-order valence-electron chi connectivity index (χ3n) is 6.88.